The summed E-state index contributed by atoms with van der Waals surface area (Å²) in [7, 11) is 0. The Balaban J connectivity index is 2.73. The number of aliphatic hydroxyl groups is 3. The number of carbonyl (C=O) groups is 2. The third-order valence-corrected chi connectivity index (χ3v) is 1.72. The van der Waals surface area contributed by atoms with Crippen LogP contribution in [-0.2, 0) is 14.3 Å². The number of ether oxygens (including phenoxy) is 1. The fourth-order valence-electron chi connectivity index (χ4n) is 0.984. The molecule has 1 rings (SSSR count). The van der Waals surface area contributed by atoms with Crippen molar-refractivity contribution in [1.29, 1.82) is 0 Å². The number of aliphatic hydroxyl groups excluding tert-OH is 3. The van der Waals surface area contributed by atoms with Gasteiger partial charge in [0.05, 0.1) is 0 Å². The van der Waals surface area contributed by atoms with Crippen molar-refractivity contribution >= 4 is 11.9 Å². The second-order valence-corrected chi connectivity index (χ2v) is 2.62. The number of hydrogen-bond donors (Lipinski definition) is 4. The molecule has 0 bridgehead atoms. The highest BCUT2D eigenvalue weighted by molar-refractivity contribution is 5.80. The van der Waals surface area contributed by atoms with Gasteiger partial charge in [0.25, 0.3) is 0 Å². The summed E-state index contributed by atoms with van der Waals surface area (Å²) in [5.74, 6) is -2.77. The molecule has 1 fully saturated rings. The molecule has 1 unspecified atom stereocenters. The minimum atomic E-state index is -2.03. The zero-order valence-electron chi connectivity index (χ0n) is 6.32. The highest BCUT2D eigenvalue weighted by Gasteiger charge is 2.48. The second kappa shape index (κ2) is 3.29. The first-order chi connectivity index (χ1) is 5.95. The first kappa shape index (κ1) is 9.90. The summed E-state index contributed by atoms with van der Waals surface area (Å²) in [6.45, 7) is 0. The zero-order valence-corrected chi connectivity index (χ0v) is 6.32. The average Bonchev–Trinajstić information content (AvgIpc) is 2.31. The van der Waals surface area contributed by atoms with Gasteiger partial charge < -0.3 is 25.2 Å². The Morgan fingerprint density at radius 3 is 2.31 bits per heavy atom. The minimum absolute atomic E-state index is 1.14. The van der Waals surface area contributed by atoms with Gasteiger partial charge in [0.1, 0.15) is 6.10 Å². The molecule has 0 radical (unpaired) electrons. The van der Waals surface area contributed by atoms with Crippen LogP contribution in [-0.4, -0.2) is 56.8 Å². The minimum Gasteiger partial charge on any atom is -0.479 e. The molecule has 4 atom stereocenters. The van der Waals surface area contributed by atoms with Gasteiger partial charge >= 0.3 is 11.9 Å². The van der Waals surface area contributed by atoms with Crippen LogP contribution in [0.3, 0.4) is 0 Å². The Hall–Kier alpha value is -1.18. The van der Waals surface area contributed by atoms with E-state index in [1.165, 1.54) is 0 Å². The summed E-state index contributed by atoms with van der Waals surface area (Å²) in [6, 6.07) is 0. The van der Waals surface area contributed by atoms with Crippen LogP contribution in [0.4, 0.5) is 0 Å². The van der Waals surface area contributed by atoms with Crippen molar-refractivity contribution in [3.8, 4) is 0 Å². The van der Waals surface area contributed by atoms with E-state index >= 15 is 0 Å². The van der Waals surface area contributed by atoms with Crippen molar-refractivity contribution in [3.05, 3.63) is 0 Å². The molecule has 0 aliphatic carbocycles. The molecule has 1 aliphatic heterocycles. The monoisotopic (exact) mass is 192 g/mol. The first-order valence-corrected chi connectivity index (χ1v) is 3.42. The molecule has 13 heavy (non-hydrogen) atoms. The van der Waals surface area contributed by atoms with Crippen LogP contribution in [0, 0.1) is 0 Å². The van der Waals surface area contributed by atoms with Crippen LogP contribution in [0.2, 0.25) is 0 Å². The van der Waals surface area contributed by atoms with Crippen molar-refractivity contribution in [1.82, 2.24) is 0 Å². The van der Waals surface area contributed by atoms with Crippen molar-refractivity contribution in [2.45, 2.75) is 24.4 Å². The van der Waals surface area contributed by atoms with Gasteiger partial charge in [-0.3, -0.25) is 0 Å². The smallest absolute Gasteiger partial charge is 0.338 e. The van der Waals surface area contributed by atoms with Crippen LogP contribution in [0.1, 0.15) is 0 Å². The summed E-state index contributed by atoms with van der Waals surface area (Å²) in [5.41, 5.74) is 0. The lowest BCUT2D eigenvalue weighted by molar-refractivity contribution is -0.161. The van der Waals surface area contributed by atoms with E-state index in [-0.39, 0.29) is 0 Å². The maximum Gasteiger partial charge on any atom is 0.338 e. The zero-order chi connectivity index (χ0) is 10.2. The molecule has 74 valence electrons. The molecule has 0 spiro atoms. The molecule has 0 aromatic carbocycles. The number of cyclic esters (lactones) is 1. The van der Waals surface area contributed by atoms with Crippen molar-refractivity contribution in [2.24, 2.45) is 0 Å². The molecule has 0 aromatic rings. The van der Waals surface area contributed by atoms with Gasteiger partial charge in [-0.15, -0.1) is 0 Å². The van der Waals surface area contributed by atoms with Gasteiger partial charge in [0, 0.05) is 0 Å². The largest absolute Gasteiger partial charge is 0.479 e. The average molecular weight is 192 g/mol. The van der Waals surface area contributed by atoms with Crippen molar-refractivity contribution in [3.63, 3.8) is 0 Å². The Morgan fingerprint density at radius 2 is 2.00 bits per heavy atom. The molecule has 0 amide bonds. The molecule has 1 heterocycles. The predicted octanol–water partition coefficient (Wildman–Crippen LogP) is -2.92. The molecular formula is C6H8O7. The number of carbonyl (C=O) groups excluding carboxylic acids is 1. The SMILES string of the molecule is O=C(O)C(O)[C@H]1OC(=O)[C@@H](O)[C@H]1O. The number of rotatable bonds is 2. The van der Waals surface area contributed by atoms with E-state index in [1.54, 1.807) is 0 Å². The van der Waals surface area contributed by atoms with Crippen molar-refractivity contribution < 1.29 is 34.8 Å². The van der Waals surface area contributed by atoms with Gasteiger partial charge in [-0.1, -0.05) is 0 Å². The molecule has 7 nitrogen and oxygen atoms in total. The van der Waals surface area contributed by atoms with Crippen LogP contribution in [0.25, 0.3) is 0 Å². The van der Waals surface area contributed by atoms with Crippen LogP contribution >= 0.6 is 0 Å². The normalized spacial score (nSPS) is 35.6. The molecule has 0 aromatic heterocycles. The summed E-state index contributed by atoms with van der Waals surface area (Å²) in [5, 5.41) is 35.0. The number of hydrogen-bond acceptors (Lipinski definition) is 6. The molecule has 1 aliphatic rings. The van der Waals surface area contributed by atoms with E-state index in [9.17, 15) is 9.59 Å². The Bertz CT molecular complexity index is 237. The van der Waals surface area contributed by atoms with E-state index < -0.39 is 36.4 Å². The summed E-state index contributed by atoms with van der Waals surface area (Å²) < 4.78 is 4.24. The summed E-state index contributed by atoms with van der Waals surface area (Å²) in [6.07, 6.45) is -7.14. The third kappa shape index (κ3) is 1.62. The summed E-state index contributed by atoms with van der Waals surface area (Å²) >= 11 is 0. The van der Waals surface area contributed by atoms with Crippen molar-refractivity contribution in [2.75, 3.05) is 0 Å². The molecule has 0 saturated carbocycles. The number of carboxylic acids is 1. The van der Waals surface area contributed by atoms with Gasteiger partial charge in [-0.25, -0.2) is 9.59 Å². The van der Waals surface area contributed by atoms with Crippen LogP contribution in [0.5, 0.6) is 0 Å². The Labute approximate surface area is 72.2 Å². The lowest BCUT2D eigenvalue weighted by Crippen LogP contribution is -2.42. The maximum absolute atomic E-state index is 10.6. The Morgan fingerprint density at radius 1 is 1.46 bits per heavy atom. The molecule has 7 heteroatoms. The molecule has 1 saturated heterocycles. The topological polar surface area (TPSA) is 124 Å². The second-order valence-electron chi connectivity index (χ2n) is 2.62. The number of aliphatic carboxylic acids is 1. The molecule has 4 N–H and O–H groups in total. The van der Waals surface area contributed by atoms with Gasteiger partial charge in [-0.05, 0) is 0 Å². The van der Waals surface area contributed by atoms with Crippen LogP contribution < -0.4 is 0 Å². The highest BCUT2D eigenvalue weighted by Crippen LogP contribution is 2.18. The van der Waals surface area contributed by atoms with E-state index in [2.05, 4.69) is 4.74 Å². The maximum atomic E-state index is 10.6. The summed E-state index contributed by atoms with van der Waals surface area (Å²) in [4.78, 5) is 20.8. The lowest BCUT2D eigenvalue weighted by Gasteiger charge is -2.15. The number of esters is 1. The number of carboxylic acid groups (broad SMARTS) is 1. The van der Waals surface area contributed by atoms with Gasteiger partial charge in [-0.2, -0.15) is 0 Å². The first-order valence-electron chi connectivity index (χ1n) is 3.42. The molecular weight excluding hydrogens is 184 g/mol. The van der Waals surface area contributed by atoms with Crippen LogP contribution in [0.15, 0.2) is 0 Å². The fraction of sp³-hybridized carbons (Fsp3) is 0.667. The van der Waals surface area contributed by atoms with E-state index in [4.69, 9.17) is 20.4 Å². The van der Waals surface area contributed by atoms with Gasteiger partial charge in [0.15, 0.2) is 18.3 Å². The third-order valence-electron chi connectivity index (χ3n) is 1.72. The fourth-order valence-corrected chi connectivity index (χ4v) is 0.984. The Kier molecular flexibility index (Phi) is 2.50. The predicted molar refractivity (Wildman–Crippen MR) is 35.5 cm³/mol. The van der Waals surface area contributed by atoms with E-state index in [0.717, 1.165) is 0 Å². The standard InChI is InChI=1S/C6H8O7/c7-1-2(8)6(12)13-4(1)3(9)5(10)11/h1-4,7-9H,(H,10,11)/t1-,2+,3?,4+/m1/s1. The highest BCUT2D eigenvalue weighted by atomic mass is 16.6. The quantitative estimate of drug-likeness (QED) is 0.345. The van der Waals surface area contributed by atoms with Gasteiger partial charge in [0.2, 0.25) is 0 Å². The van der Waals surface area contributed by atoms with E-state index in [0.29, 0.717) is 0 Å². The lowest BCUT2D eigenvalue weighted by atomic mass is 10.1. The van der Waals surface area contributed by atoms with E-state index in [1.807, 2.05) is 0 Å².